The van der Waals surface area contributed by atoms with Crippen molar-refractivity contribution < 1.29 is 17.9 Å². The molecule has 23 heavy (non-hydrogen) atoms. The molecule has 1 N–H and O–H groups in total. The number of methoxy groups -OCH3 is 1. The second-order valence-corrected chi connectivity index (χ2v) is 7.85. The lowest BCUT2D eigenvalue weighted by atomic mass is 9.99. The number of carbonyl (C=O) groups excluding carboxylic acids is 1. The average molecular weight is 340 g/mol. The second-order valence-electron chi connectivity index (χ2n) is 6.01. The summed E-state index contributed by atoms with van der Waals surface area (Å²) in [5.74, 6) is -0.0500. The lowest BCUT2D eigenvalue weighted by molar-refractivity contribution is -0.121. The van der Waals surface area contributed by atoms with Crippen LogP contribution >= 0.6 is 0 Å². The molecule has 1 aromatic carbocycles. The summed E-state index contributed by atoms with van der Waals surface area (Å²) in [4.78, 5) is 14.1. The Morgan fingerprint density at radius 2 is 2.13 bits per heavy atom. The first kappa shape index (κ1) is 17.7. The van der Waals surface area contributed by atoms with E-state index in [0.29, 0.717) is 12.2 Å². The topological polar surface area (TPSA) is 75.7 Å². The molecule has 0 atom stereocenters. The molecule has 0 aliphatic carbocycles. The lowest BCUT2D eigenvalue weighted by Crippen LogP contribution is -2.38. The van der Waals surface area contributed by atoms with Crippen LogP contribution in [0.3, 0.4) is 0 Å². The minimum absolute atomic E-state index is 0.0619. The number of fused-ring (bicyclic) bond motifs is 1. The van der Waals surface area contributed by atoms with Gasteiger partial charge in [-0.1, -0.05) is 13.8 Å². The van der Waals surface area contributed by atoms with E-state index in [2.05, 4.69) is 4.72 Å². The first-order valence-electron chi connectivity index (χ1n) is 7.78. The quantitative estimate of drug-likeness (QED) is 0.859. The molecule has 128 valence electrons. The van der Waals surface area contributed by atoms with Gasteiger partial charge in [0.25, 0.3) is 0 Å². The van der Waals surface area contributed by atoms with Gasteiger partial charge in [0.1, 0.15) is 0 Å². The van der Waals surface area contributed by atoms with E-state index in [9.17, 15) is 13.2 Å². The number of amides is 1. The Labute approximate surface area is 137 Å². The van der Waals surface area contributed by atoms with Crippen molar-refractivity contribution in [2.45, 2.75) is 26.7 Å². The van der Waals surface area contributed by atoms with E-state index in [1.54, 1.807) is 11.0 Å². The number of nitrogens with one attached hydrogen (secondary N) is 1. The van der Waals surface area contributed by atoms with Crippen LogP contribution in [-0.4, -0.2) is 40.3 Å². The van der Waals surface area contributed by atoms with Gasteiger partial charge in [-0.25, -0.2) is 8.42 Å². The molecule has 0 saturated carbocycles. The number of nitrogens with zero attached hydrogens (tertiary/aromatic N) is 1. The minimum atomic E-state index is -3.42. The van der Waals surface area contributed by atoms with Crippen molar-refractivity contribution in [2.75, 3.05) is 35.6 Å². The van der Waals surface area contributed by atoms with Crippen molar-refractivity contribution in [3.63, 3.8) is 0 Å². The van der Waals surface area contributed by atoms with Crippen molar-refractivity contribution in [1.82, 2.24) is 0 Å². The highest BCUT2D eigenvalue weighted by atomic mass is 32.2. The molecule has 1 aliphatic heterocycles. The fourth-order valence-electron chi connectivity index (χ4n) is 2.62. The van der Waals surface area contributed by atoms with Gasteiger partial charge in [0.15, 0.2) is 0 Å². The standard InChI is InChI=1S/C16H24N2O4S/c1-12(2)16(19)18-8-4-5-13-11-14(6-7-15(13)18)17-23(20,21)10-9-22-3/h6-7,11-12,17H,4-5,8-10H2,1-3H3. The molecule has 7 heteroatoms. The van der Waals surface area contributed by atoms with Crippen LogP contribution in [0.2, 0.25) is 0 Å². The van der Waals surface area contributed by atoms with Gasteiger partial charge in [-0.05, 0) is 36.6 Å². The first-order chi connectivity index (χ1) is 10.8. The van der Waals surface area contributed by atoms with Crippen molar-refractivity contribution >= 4 is 27.3 Å². The number of benzene rings is 1. The van der Waals surface area contributed by atoms with Crippen molar-refractivity contribution in [2.24, 2.45) is 5.92 Å². The Balaban J connectivity index is 2.21. The summed E-state index contributed by atoms with van der Waals surface area (Å²) in [7, 11) is -1.96. The Bertz CT molecular complexity index is 671. The van der Waals surface area contributed by atoms with E-state index >= 15 is 0 Å². The summed E-state index contributed by atoms with van der Waals surface area (Å²) < 4.78 is 31.2. The highest BCUT2D eigenvalue weighted by molar-refractivity contribution is 7.92. The Kier molecular flexibility index (Phi) is 5.64. The first-order valence-corrected chi connectivity index (χ1v) is 9.43. The normalized spacial score (nSPS) is 14.7. The zero-order valence-corrected chi connectivity index (χ0v) is 14.6. The summed E-state index contributed by atoms with van der Waals surface area (Å²) in [6.45, 7) is 4.63. The van der Waals surface area contributed by atoms with Crippen molar-refractivity contribution in [3.05, 3.63) is 23.8 Å². The van der Waals surface area contributed by atoms with Gasteiger partial charge in [-0.15, -0.1) is 0 Å². The third-order valence-electron chi connectivity index (χ3n) is 3.79. The Morgan fingerprint density at radius 1 is 1.39 bits per heavy atom. The number of hydrogen-bond acceptors (Lipinski definition) is 4. The van der Waals surface area contributed by atoms with Gasteiger partial charge >= 0.3 is 0 Å². The molecular formula is C16H24N2O4S. The molecule has 0 aromatic heterocycles. The van der Waals surface area contributed by atoms with Crippen LogP contribution < -0.4 is 9.62 Å². The van der Waals surface area contributed by atoms with E-state index in [1.165, 1.54) is 7.11 Å². The molecule has 6 nitrogen and oxygen atoms in total. The summed E-state index contributed by atoms with van der Waals surface area (Å²) in [5, 5.41) is 0. The number of sulfonamides is 1. The highest BCUT2D eigenvalue weighted by Crippen LogP contribution is 2.31. The zero-order chi connectivity index (χ0) is 17.0. The van der Waals surface area contributed by atoms with E-state index in [1.807, 2.05) is 26.0 Å². The fourth-order valence-corrected chi connectivity index (χ4v) is 3.60. The second kappa shape index (κ2) is 7.31. The molecule has 1 aliphatic rings. The molecule has 1 heterocycles. The van der Waals surface area contributed by atoms with Gasteiger partial charge in [-0.3, -0.25) is 9.52 Å². The van der Waals surface area contributed by atoms with E-state index in [-0.39, 0.29) is 24.2 Å². The van der Waals surface area contributed by atoms with Gasteiger partial charge in [0.05, 0.1) is 12.4 Å². The lowest BCUT2D eigenvalue weighted by Gasteiger charge is -2.31. The number of rotatable bonds is 6. The summed E-state index contributed by atoms with van der Waals surface area (Å²) >= 11 is 0. The average Bonchev–Trinajstić information content (AvgIpc) is 2.51. The summed E-state index contributed by atoms with van der Waals surface area (Å²) in [6.07, 6.45) is 1.72. The number of anilines is 2. The van der Waals surface area contributed by atoms with Gasteiger partial charge in [0.2, 0.25) is 15.9 Å². The molecule has 1 aromatic rings. The Morgan fingerprint density at radius 3 is 2.78 bits per heavy atom. The van der Waals surface area contributed by atoms with Crippen LogP contribution in [0.5, 0.6) is 0 Å². The molecule has 0 saturated heterocycles. The largest absolute Gasteiger partial charge is 0.384 e. The molecule has 0 fully saturated rings. The molecule has 2 rings (SSSR count). The summed E-state index contributed by atoms with van der Waals surface area (Å²) in [5.41, 5.74) is 2.41. The minimum Gasteiger partial charge on any atom is -0.384 e. The van der Waals surface area contributed by atoms with Gasteiger partial charge in [-0.2, -0.15) is 0 Å². The molecule has 0 spiro atoms. The monoisotopic (exact) mass is 340 g/mol. The third kappa shape index (κ3) is 4.45. The van der Waals surface area contributed by atoms with Crippen LogP contribution in [0.4, 0.5) is 11.4 Å². The molecule has 0 unspecified atom stereocenters. The van der Waals surface area contributed by atoms with Crippen molar-refractivity contribution in [3.8, 4) is 0 Å². The van der Waals surface area contributed by atoms with Crippen LogP contribution in [0, 0.1) is 5.92 Å². The molecule has 0 bridgehead atoms. The predicted molar refractivity (Wildman–Crippen MR) is 91.2 cm³/mol. The smallest absolute Gasteiger partial charge is 0.234 e. The maximum atomic E-state index is 12.3. The highest BCUT2D eigenvalue weighted by Gasteiger charge is 2.24. The van der Waals surface area contributed by atoms with Crippen LogP contribution in [0.1, 0.15) is 25.8 Å². The molecule has 0 radical (unpaired) electrons. The van der Waals surface area contributed by atoms with E-state index in [4.69, 9.17) is 4.74 Å². The third-order valence-corrected chi connectivity index (χ3v) is 5.04. The SMILES string of the molecule is COCCS(=O)(=O)Nc1ccc2c(c1)CCCN2C(=O)C(C)C. The molecule has 1 amide bonds. The van der Waals surface area contributed by atoms with Crippen LogP contribution in [0.15, 0.2) is 18.2 Å². The van der Waals surface area contributed by atoms with Gasteiger partial charge in [0, 0.05) is 30.9 Å². The van der Waals surface area contributed by atoms with Gasteiger partial charge < -0.3 is 9.64 Å². The van der Waals surface area contributed by atoms with E-state index in [0.717, 1.165) is 24.1 Å². The fraction of sp³-hybridized carbons (Fsp3) is 0.562. The number of carbonyl (C=O) groups is 1. The summed E-state index contributed by atoms with van der Waals surface area (Å²) in [6, 6.07) is 5.34. The number of hydrogen-bond donors (Lipinski definition) is 1. The molecular weight excluding hydrogens is 316 g/mol. The maximum Gasteiger partial charge on any atom is 0.234 e. The maximum absolute atomic E-state index is 12.3. The van der Waals surface area contributed by atoms with Crippen LogP contribution in [-0.2, 0) is 26.0 Å². The number of aryl methyl sites for hydroxylation is 1. The predicted octanol–water partition coefficient (Wildman–Crippen LogP) is 2.01. The van der Waals surface area contributed by atoms with Crippen molar-refractivity contribution in [1.29, 1.82) is 0 Å². The number of ether oxygens (including phenoxy) is 1. The Hall–Kier alpha value is -1.60. The zero-order valence-electron chi connectivity index (χ0n) is 13.8. The van der Waals surface area contributed by atoms with E-state index < -0.39 is 10.0 Å². The van der Waals surface area contributed by atoms with Crippen LogP contribution in [0.25, 0.3) is 0 Å².